The lowest BCUT2D eigenvalue weighted by Crippen LogP contribution is -2.44. The molecule has 1 aliphatic rings. The molecule has 0 aromatic carbocycles. The van der Waals surface area contributed by atoms with E-state index in [1.165, 1.54) is 0 Å². The fraction of sp³-hybridized carbons (Fsp3) is 0.857. The van der Waals surface area contributed by atoms with Crippen molar-refractivity contribution in [3.8, 4) is 0 Å². The molecule has 1 aliphatic heterocycles. The van der Waals surface area contributed by atoms with Crippen molar-refractivity contribution in [1.29, 1.82) is 0 Å². The Kier molecular flexibility index (Phi) is 6.78. The molecule has 2 amide bonds. The molecule has 0 aromatic rings. The Morgan fingerprint density at radius 1 is 1.40 bits per heavy atom. The van der Waals surface area contributed by atoms with Gasteiger partial charge in [0.2, 0.25) is 0 Å². The van der Waals surface area contributed by atoms with Crippen molar-refractivity contribution >= 4 is 12.0 Å². The van der Waals surface area contributed by atoms with E-state index in [2.05, 4.69) is 19.2 Å². The van der Waals surface area contributed by atoms with Gasteiger partial charge in [-0.1, -0.05) is 20.3 Å². The molecule has 1 saturated heterocycles. The summed E-state index contributed by atoms with van der Waals surface area (Å²) in [6, 6.07) is -0.102. The van der Waals surface area contributed by atoms with Crippen LogP contribution >= 0.6 is 0 Å². The lowest BCUT2D eigenvalue weighted by molar-refractivity contribution is -0.149. The van der Waals surface area contributed by atoms with Crippen LogP contribution in [0.5, 0.6) is 0 Å². The summed E-state index contributed by atoms with van der Waals surface area (Å²) in [7, 11) is 0. The second-order valence-corrected chi connectivity index (χ2v) is 5.40. The molecule has 6 nitrogen and oxygen atoms in total. The summed E-state index contributed by atoms with van der Waals surface area (Å²) >= 11 is 0. The van der Waals surface area contributed by atoms with Crippen molar-refractivity contribution < 1.29 is 19.4 Å². The van der Waals surface area contributed by atoms with E-state index in [0.29, 0.717) is 31.8 Å². The summed E-state index contributed by atoms with van der Waals surface area (Å²) in [5.74, 6) is -0.453. The normalized spacial score (nSPS) is 23.4. The number of carbonyl (C=O) groups is 2. The standard InChI is InChI=1S/C14H26N2O4/c1-4-10(3)9-16(5-2)14(19)15-8-11-6-7-12(20-11)13(17)18/h10-12H,4-9H2,1-3H3,(H,15,19)(H,17,18). The number of ether oxygens (including phenoxy) is 1. The summed E-state index contributed by atoms with van der Waals surface area (Å²) < 4.78 is 5.36. The van der Waals surface area contributed by atoms with Crippen molar-refractivity contribution in [3.05, 3.63) is 0 Å². The van der Waals surface area contributed by atoms with Gasteiger partial charge in [-0.15, -0.1) is 0 Å². The molecule has 2 N–H and O–H groups in total. The average molecular weight is 286 g/mol. The maximum atomic E-state index is 12.0. The van der Waals surface area contributed by atoms with Crippen LogP contribution in [0.2, 0.25) is 0 Å². The number of nitrogens with zero attached hydrogens (tertiary/aromatic N) is 1. The molecule has 20 heavy (non-hydrogen) atoms. The molecule has 0 radical (unpaired) electrons. The van der Waals surface area contributed by atoms with E-state index in [9.17, 15) is 9.59 Å². The van der Waals surface area contributed by atoms with Crippen LogP contribution in [-0.4, -0.2) is 53.8 Å². The molecule has 116 valence electrons. The highest BCUT2D eigenvalue weighted by atomic mass is 16.5. The number of hydrogen-bond acceptors (Lipinski definition) is 3. The summed E-state index contributed by atoms with van der Waals surface area (Å²) in [6.07, 6.45) is 1.31. The maximum Gasteiger partial charge on any atom is 0.332 e. The molecular formula is C14H26N2O4. The lowest BCUT2D eigenvalue weighted by atomic mass is 10.1. The monoisotopic (exact) mass is 286 g/mol. The van der Waals surface area contributed by atoms with E-state index >= 15 is 0 Å². The Labute approximate surface area is 120 Å². The molecule has 0 aliphatic carbocycles. The average Bonchev–Trinajstić information content (AvgIpc) is 2.90. The van der Waals surface area contributed by atoms with Gasteiger partial charge in [-0.05, 0) is 25.7 Å². The Morgan fingerprint density at radius 2 is 2.10 bits per heavy atom. The predicted molar refractivity (Wildman–Crippen MR) is 75.6 cm³/mol. The van der Waals surface area contributed by atoms with Gasteiger partial charge in [0, 0.05) is 19.6 Å². The number of amides is 2. The fourth-order valence-corrected chi connectivity index (χ4v) is 2.21. The third-order valence-corrected chi connectivity index (χ3v) is 3.76. The highest BCUT2D eigenvalue weighted by Gasteiger charge is 2.30. The van der Waals surface area contributed by atoms with Crippen molar-refractivity contribution in [2.24, 2.45) is 5.92 Å². The molecule has 1 rings (SSSR count). The first-order valence-corrected chi connectivity index (χ1v) is 7.38. The molecule has 6 heteroatoms. The zero-order chi connectivity index (χ0) is 15.1. The number of rotatable bonds is 7. The van der Waals surface area contributed by atoms with Gasteiger partial charge in [-0.3, -0.25) is 0 Å². The van der Waals surface area contributed by atoms with Crippen molar-refractivity contribution in [3.63, 3.8) is 0 Å². The number of nitrogens with one attached hydrogen (secondary N) is 1. The topological polar surface area (TPSA) is 78.9 Å². The van der Waals surface area contributed by atoms with E-state index in [1.807, 2.05) is 6.92 Å². The highest BCUT2D eigenvalue weighted by Crippen LogP contribution is 2.19. The molecule has 3 atom stereocenters. The molecule has 0 bridgehead atoms. The first kappa shape index (κ1) is 16.8. The van der Waals surface area contributed by atoms with Gasteiger partial charge in [-0.25, -0.2) is 9.59 Å². The number of carboxylic acid groups (broad SMARTS) is 1. The van der Waals surface area contributed by atoms with Gasteiger partial charge in [0.25, 0.3) is 0 Å². The van der Waals surface area contributed by atoms with Gasteiger partial charge < -0.3 is 20.1 Å². The van der Waals surface area contributed by atoms with E-state index in [-0.39, 0.29) is 12.1 Å². The highest BCUT2D eigenvalue weighted by molar-refractivity contribution is 5.74. The molecular weight excluding hydrogens is 260 g/mol. The van der Waals surface area contributed by atoms with Crippen LogP contribution in [0, 0.1) is 5.92 Å². The van der Waals surface area contributed by atoms with Crippen LogP contribution in [0.1, 0.15) is 40.0 Å². The smallest absolute Gasteiger partial charge is 0.332 e. The summed E-state index contributed by atoms with van der Waals surface area (Å²) in [5.41, 5.74) is 0. The molecule has 0 spiro atoms. The van der Waals surface area contributed by atoms with E-state index in [4.69, 9.17) is 9.84 Å². The van der Waals surface area contributed by atoms with Gasteiger partial charge in [-0.2, -0.15) is 0 Å². The van der Waals surface area contributed by atoms with Crippen LogP contribution in [-0.2, 0) is 9.53 Å². The summed E-state index contributed by atoms with van der Waals surface area (Å²) in [4.78, 5) is 24.6. The third kappa shape index (κ3) is 5.00. The molecule has 0 aromatic heterocycles. The SMILES string of the molecule is CCC(C)CN(CC)C(=O)NCC1CCC(C(=O)O)O1. The van der Waals surface area contributed by atoms with Gasteiger partial charge in [0.05, 0.1) is 6.10 Å². The molecule has 1 heterocycles. The molecule has 0 saturated carbocycles. The van der Waals surface area contributed by atoms with Gasteiger partial charge >= 0.3 is 12.0 Å². The molecule has 1 fully saturated rings. The Hall–Kier alpha value is -1.30. The van der Waals surface area contributed by atoms with Crippen LogP contribution in [0.15, 0.2) is 0 Å². The first-order valence-electron chi connectivity index (χ1n) is 7.38. The Bertz CT molecular complexity index is 335. The summed E-state index contributed by atoms with van der Waals surface area (Å²) in [5, 5.41) is 11.7. The minimum atomic E-state index is -0.925. The van der Waals surface area contributed by atoms with Crippen LogP contribution in [0.3, 0.4) is 0 Å². The minimum Gasteiger partial charge on any atom is -0.479 e. The summed E-state index contributed by atoms with van der Waals surface area (Å²) in [6.45, 7) is 7.96. The Morgan fingerprint density at radius 3 is 2.60 bits per heavy atom. The second-order valence-electron chi connectivity index (χ2n) is 5.40. The number of carbonyl (C=O) groups excluding carboxylic acids is 1. The van der Waals surface area contributed by atoms with Crippen LogP contribution in [0.25, 0.3) is 0 Å². The Balaban J connectivity index is 2.33. The number of carboxylic acids is 1. The minimum absolute atomic E-state index is 0.102. The first-order chi connectivity index (χ1) is 9.47. The third-order valence-electron chi connectivity index (χ3n) is 3.76. The second kappa shape index (κ2) is 8.09. The van der Waals surface area contributed by atoms with E-state index in [0.717, 1.165) is 13.0 Å². The number of hydrogen-bond donors (Lipinski definition) is 2. The zero-order valence-corrected chi connectivity index (χ0v) is 12.6. The van der Waals surface area contributed by atoms with Crippen molar-refractivity contribution in [2.45, 2.75) is 52.2 Å². The number of aliphatic carboxylic acids is 1. The van der Waals surface area contributed by atoms with Crippen molar-refractivity contribution in [2.75, 3.05) is 19.6 Å². The van der Waals surface area contributed by atoms with E-state index < -0.39 is 12.1 Å². The predicted octanol–water partition coefficient (Wildman–Crippen LogP) is 1.70. The van der Waals surface area contributed by atoms with Crippen molar-refractivity contribution in [1.82, 2.24) is 10.2 Å². The van der Waals surface area contributed by atoms with Crippen LogP contribution in [0.4, 0.5) is 4.79 Å². The molecule has 3 unspecified atom stereocenters. The maximum absolute atomic E-state index is 12.0. The van der Waals surface area contributed by atoms with Crippen LogP contribution < -0.4 is 5.32 Å². The van der Waals surface area contributed by atoms with E-state index in [1.54, 1.807) is 4.90 Å². The zero-order valence-electron chi connectivity index (χ0n) is 12.6. The quantitative estimate of drug-likeness (QED) is 0.746. The number of urea groups is 1. The van der Waals surface area contributed by atoms with Gasteiger partial charge in [0.1, 0.15) is 0 Å². The fourth-order valence-electron chi connectivity index (χ4n) is 2.21. The lowest BCUT2D eigenvalue weighted by Gasteiger charge is -2.25. The largest absolute Gasteiger partial charge is 0.479 e. The van der Waals surface area contributed by atoms with Gasteiger partial charge in [0.15, 0.2) is 6.10 Å².